The summed E-state index contributed by atoms with van der Waals surface area (Å²) in [6, 6.07) is 11.2. The normalized spacial score (nSPS) is 11.9. The maximum Gasteiger partial charge on any atom is 0.230 e. The first-order valence-electron chi connectivity index (χ1n) is 7.16. The number of rotatable bonds is 3. The van der Waals surface area contributed by atoms with Crippen LogP contribution < -0.4 is 0 Å². The first-order valence-corrected chi connectivity index (χ1v) is 7.92. The molecule has 0 aliphatic rings. The van der Waals surface area contributed by atoms with Crippen LogP contribution in [0, 0.1) is 0 Å². The van der Waals surface area contributed by atoms with E-state index in [0.29, 0.717) is 16.5 Å². The van der Waals surface area contributed by atoms with Crippen LogP contribution in [0.2, 0.25) is 10.0 Å². The average molecular weight is 348 g/mol. The summed E-state index contributed by atoms with van der Waals surface area (Å²) in [5, 5.41) is 10.6. The second-order valence-corrected chi connectivity index (χ2v) is 6.29. The Balaban J connectivity index is 2.10. The van der Waals surface area contributed by atoms with Crippen LogP contribution in [0.5, 0.6) is 5.75 Å². The number of hydrogen-bond acceptors (Lipinski definition) is 3. The van der Waals surface area contributed by atoms with E-state index in [4.69, 9.17) is 23.2 Å². The number of benzene rings is 2. The first kappa shape index (κ1) is 15.8. The largest absolute Gasteiger partial charge is 0.506 e. The number of aliphatic imine (C=N–C) groups is 1. The van der Waals surface area contributed by atoms with Gasteiger partial charge in [-0.1, -0.05) is 35.3 Å². The molecule has 118 valence electrons. The Labute approximate surface area is 144 Å². The van der Waals surface area contributed by atoms with Gasteiger partial charge in [0, 0.05) is 22.8 Å². The van der Waals surface area contributed by atoms with Gasteiger partial charge in [-0.3, -0.25) is 0 Å². The van der Waals surface area contributed by atoms with Crippen LogP contribution in [0.4, 0.5) is 5.95 Å². The Hall–Kier alpha value is -2.04. The maximum absolute atomic E-state index is 10.0. The fraction of sp³-hybridized carbons (Fsp3) is 0.176. The standard InChI is InChI=1S/C17H15Cl2N3O/c1-10(2)22-15-6-4-3-5-14(15)21-17(22)20-9-11-7-12(18)8-13(19)16(11)23/h3-10,23H,1-2H3. The van der Waals surface area contributed by atoms with E-state index in [1.807, 2.05) is 28.8 Å². The minimum absolute atomic E-state index is 0.0491. The van der Waals surface area contributed by atoms with Crippen LogP contribution in [0.25, 0.3) is 11.0 Å². The van der Waals surface area contributed by atoms with Gasteiger partial charge in [-0.15, -0.1) is 0 Å². The molecule has 0 radical (unpaired) electrons. The highest BCUT2D eigenvalue weighted by molar-refractivity contribution is 6.36. The summed E-state index contributed by atoms with van der Waals surface area (Å²) in [5.41, 5.74) is 2.34. The Morgan fingerprint density at radius 1 is 1.22 bits per heavy atom. The van der Waals surface area contributed by atoms with Crippen molar-refractivity contribution in [3.8, 4) is 5.75 Å². The van der Waals surface area contributed by atoms with E-state index < -0.39 is 0 Å². The summed E-state index contributed by atoms with van der Waals surface area (Å²) in [4.78, 5) is 8.97. The molecule has 1 N–H and O–H groups in total. The number of fused-ring (bicyclic) bond motifs is 1. The van der Waals surface area contributed by atoms with E-state index >= 15 is 0 Å². The summed E-state index contributed by atoms with van der Waals surface area (Å²) in [6.07, 6.45) is 1.52. The van der Waals surface area contributed by atoms with Gasteiger partial charge in [0.1, 0.15) is 5.75 Å². The molecule has 0 saturated heterocycles. The predicted molar refractivity (Wildman–Crippen MR) is 95.5 cm³/mol. The zero-order valence-electron chi connectivity index (χ0n) is 12.7. The molecular formula is C17H15Cl2N3O. The molecule has 3 rings (SSSR count). The average Bonchev–Trinajstić information content (AvgIpc) is 2.87. The van der Waals surface area contributed by atoms with Gasteiger partial charge < -0.3 is 9.67 Å². The molecule has 4 nitrogen and oxygen atoms in total. The van der Waals surface area contributed by atoms with E-state index in [-0.39, 0.29) is 16.8 Å². The van der Waals surface area contributed by atoms with Crippen molar-refractivity contribution >= 4 is 46.4 Å². The van der Waals surface area contributed by atoms with Crippen LogP contribution in [0.15, 0.2) is 41.4 Å². The molecule has 0 atom stereocenters. The molecule has 1 aromatic heterocycles. The zero-order chi connectivity index (χ0) is 16.6. The van der Waals surface area contributed by atoms with Crippen LogP contribution in [-0.4, -0.2) is 20.9 Å². The predicted octanol–water partition coefficient (Wildman–Crippen LogP) is 5.38. The van der Waals surface area contributed by atoms with Gasteiger partial charge in [0.05, 0.1) is 16.1 Å². The van der Waals surface area contributed by atoms with Crippen molar-refractivity contribution in [2.24, 2.45) is 4.99 Å². The van der Waals surface area contributed by atoms with Crippen molar-refractivity contribution in [3.63, 3.8) is 0 Å². The lowest BCUT2D eigenvalue weighted by Gasteiger charge is -2.10. The molecule has 2 aromatic carbocycles. The monoisotopic (exact) mass is 347 g/mol. The molecular weight excluding hydrogens is 333 g/mol. The second-order valence-electron chi connectivity index (χ2n) is 5.45. The molecule has 0 fully saturated rings. The van der Waals surface area contributed by atoms with Crippen molar-refractivity contribution in [1.82, 2.24) is 9.55 Å². The highest BCUT2D eigenvalue weighted by atomic mass is 35.5. The summed E-state index contributed by atoms with van der Waals surface area (Å²) in [6.45, 7) is 4.14. The maximum atomic E-state index is 10.0. The number of aromatic hydroxyl groups is 1. The first-order chi connectivity index (χ1) is 11.0. The highest BCUT2D eigenvalue weighted by Gasteiger charge is 2.12. The minimum atomic E-state index is -0.0491. The second kappa shape index (κ2) is 6.22. The Bertz CT molecular complexity index is 900. The Morgan fingerprint density at radius 3 is 2.70 bits per heavy atom. The van der Waals surface area contributed by atoms with Crippen LogP contribution >= 0.6 is 23.2 Å². The van der Waals surface area contributed by atoms with Crippen molar-refractivity contribution in [3.05, 3.63) is 52.0 Å². The number of halogens is 2. The minimum Gasteiger partial charge on any atom is -0.506 e. The molecule has 6 heteroatoms. The number of imidazole rings is 1. The number of nitrogens with zero attached hydrogens (tertiary/aromatic N) is 3. The van der Waals surface area contributed by atoms with Gasteiger partial charge in [-0.05, 0) is 38.1 Å². The van der Waals surface area contributed by atoms with Gasteiger partial charge in [-0.25, -0.2) is 9.98 Å². The summed E-state index contributed by atoms with van der Waals surface area (Å²) >= 11 is 11.9. The molecule has 0 aliphatic heterocycles. The van der Waals surface area contributed by atoms with E-state index in [2.05, 4.69) is 23.8 Å². The van der Waals surface area contributed by atoms with Gasteiger partial charge >= 0.3 is 0 Å². The summed E-state index contributed by atoms with van der Waals surface area (Å²) in [5.74, 6) is 0.517. The molecule has 23 heavy (non-hydrogen) atoms. The third kappa shape index (κ3) is 3.05. The van der Waals surface area contributed by atoms with E-state index in [1.165, 1.54) is 12.3 Å². The van der Waals surface area contributed by atoms with Crippen LogP contribution in [0.1, 0.15) is 25.5 Å². The van der Waals surface area contributed by atoms with Gasteiger partial charge in [0.2, 0.25) is 5.95 Å². The van der Waals surface area contributed by atoms with Crippen molar-refractivity contribution in [1.29, 1.82) is 0 Å². The summed E-state index contributed by atoms with van der Waals surface area (Å²) < 4.78 is 2.04. The SMILES string of the molecule is CC(C)n1c(N=Cc2cc(Cl)cc(Cl)c2O)nc2ccccc21. The zero-order valence-corrected chi connectivity index (χ0v) is 14.2. The Kier molecular flexibility index (Phi) is 4.28. The fourth-order valence-electron chi connectivity index (χ4n) is 2.44. The lowest BCUT2D eigenvalue weighted by atomic mass is 10.2. The molecule has 3 aromatic rings. The van der Waals surface area contributed by atoms with E-state index in [0.717, 1.165) is 11.0 Å². The van der Waals surface area contributed by atoms with Crippen molar-refractivity contribution in [2.75, 3.05) is 0 Å². The molecule has 0 bridgehead atoms. The lowest BCUT2D eigenvalue weighted by molar-refractivity contribution is 0.475. The number of phenolic OH excluding ortho intramolecular Hbond substituents is 1. The summed E-state index contributed by atoms with van der Waals surface area (Å²) in [7, 11) is 0. The van der Waals surface area contributed by atoms with Gasteiger partial charge in [0.15, 0.2) is 0 Å². The lowest BCUT2D eigenvalue weighted by Crippen LogP contribution is -1.99. The van der Waals surface area contributed by atoms with Gasteiger partial charge in [0.25, 0.3) is 0 Å². The number of para-hydroxylation sites is 2. The number of aromatic nitrogens is 2. The third-order valence-corrected chi connectivity index (χ3v) is 3.98. The quantitative estimate of drug-likeness (QED) is 0.646. The van der Waals surface area contributed by atoms with Crippen LogP contribution in [-0.2, 0) is 0 Å². The molecule has 0 spiro atoms. The number of hydrogen-bond donors (Lipinski definition) is 1. The van der Waals surface area contributed by atoms with Crippen LogP contribution in [0.3, 0.4) is 0 Å². The fourth-order valence-corrected chi connectivity index (χ4v) is 2.95. The number of phenols is 1. The Morgan fingerprint density at radius 2 is 1.96 bits per heavy atom. The molecule has 0 aliphatic carbocycles. The topological polar surface area (TPSA) is 50.4 Å². The van der Waals surface area contributed by atoms with Gasteiger partial charge in [-0.2, -0.15) is 0 Å². The van der Waals surface area contributed by atoms with Crippen molar-refractivity contribution < 1.29 is 5.11 Å². The molecule has 0 unspecified atom stereocenters. The third-order valence-electron chi connectivity index (χ3n) is 3.47. The highest BCUT2D eigenvalue weighted by Crippen LogP contribution is 2.31. The smallest absolute Gasteiger partial charge is 0.230 e. The van der Waals surface area contributed by atoms with E-state index in [1.54, 1.807) is 6.07 Å². The van der Waals surface area contributed by atoms with E-state index in [9.17, 15) is 5.11 Å². The molecule has 1 heterocycles. The van der Waals surface area contributed by atoms with Crippen molar-refractivity contribution in [2.45, 2.75) is 19.9 Å². The molecule has 0 amide bonds. The molecule has 0 saturated carbocycles.